The molecule has 0 aromatic carbocycles. The maximum absolute atomic E-state index is 11.8. The SMILES string of the molecule is CCc1cnc(C(C)NC(=O)C(C)CNC)s1. The van der Waals surface area contributed by atoms with Gasteiger partial charge in [-0.25, -0.2) is 4.98 Å². The molecular weight excluding hydrogens is 234 g/mol. The van der Waals surface area contributed by atoms with Crippen molar-refractivity contribution in [1.29, 1.82) is 0 Å². The van der Waals surface area contributed by atoms with E-state index in [9.17, 15) is 4.79 Å². The summed E-state index contributed by atoms with van der Waals surface area (Å²) in [6.07, 6.45) is 2.88. The molecule has 2 N–H and O–H groups in total. The molecule has 0 saturated carbocycles. The van der Waals surface area contributed by atoms with Crippen LogP contribution in [0.4, 0.5) is 0 Å². The number of hydrogen-bond acceptors (Lipinski definition) is 4. The first kappa shape index (κ1) is 14.1. The van der Waals surface area contributed by atoms with Crippen molar-refractivity contribution in [2.45, 2.75) is 33.2 Å². The molecule has 2 atom stereocenters. The van der Waals surface area contributed by atoms with Gasteiger partial charge in [-0.05, 0) is 20.4 Å². The molecule has 17 heavy (non-hydrogen) atoms. The molecular formula is C12H21N3OS. The number of aryl methyl sites for hydroxylation is 1. The lowest BCUT2D eigenvalue weighted by atomic mass is 10.1. The first-order valence-electron chi connectivity index (χ1n) is 5.98. The Morgan fingerprint density at radius 2 is 2.24 bits per heavy atom. The second kappa shape index (κ2) is 6.71. The molecule has 0 radical (unpaired) electrons. The van der Waals surface area contributed by atoms with Crippen molar-refractivity contribution < 1.29 is 4.79 Å². The zero-order chi connectivity index (χ0) is 12.8. The first-order valence-corrected chi connectivity index (χ1v) is 6.79. The quantitative estimate of drug-likeness (QED) is 0.814. The highest BCUT2D eigenvalue weighted by molar-refractivity contribution is 7.11. The van der Waals surface area contributed by atoms with Crippen LogP contribution in [0.2, 0.25) is 0 Å². The van der Waals surface area contributed by atoms with Gasteiger partial charge in [0, 0.05) is 23.5 Å². The highest BCUT2D eigenvalue weighted by Crippen LogP contribution is 2.20. The summed E-state index contributed by atoms with van der Waals surface area (Å²) < 4.78 is 0. The van der Waals surface area contributed by atoms with Crippen molar-refractivity contribution in [2.75, 3.05) is 13.6 Å². The van der Waals surface area contributed by atoms with Crippen molar-refractivity contribution in [3.8, 4) is 0 Å². The zero-order valence-corrected chi connectivity index (χ0v) is 11.7. The normalized spacial score (nSPS) is 14.4. The van der Waals surface area contributed by atoms with Crippen LogP contribution in [-0.2, 0) is 11.2 Å². The molecule has 1 rings (SSSR count). The standard InChI is InChI=1S/C12H21N3OS/c1-5-10-7-14-12(17-10)9(3)15-11(16)8(2)6-13-4/h7-9,13H,5-6H2,1-4H3,(H,15,16). The van der Waals surface area contributed by atoms with Gasteiger partial charge < -0.3 is 10.6 Å². The second-order valence-corrected chi connectivity index (χ2v) is 5.35. The van der Waals surface area contributed by atoms with Crippen LogP contribution in [0.1, 0.15) is 36.7 Å². The molecule has 0 aliphatic heterocycles. The Kier molecular flexibility index (Phi) is 5.58. The van der Waals surface area contributed by atoms with Gasteiger partial charge >= 0.3 is 0 Å². The van der Waals surface area contributed by atoms with Crippen LogP contribution in [0.3, 0.4) is 0 Å². The number of carbonyl (C=O) groups excluding carboxylic acids is 1. The fourth-order valence-electron chi connectivity index (χ4n) is 1.50. The van der Waals surface area contributed by atoms with E-state index in [1.165, 1.54) is 4.88 Å². The van der Waals surface area contributed by atoms with Gasteiger partial charge in [-0.2, -0.15) is 0 Å². The third-order valence-electron chi connectivity index (χ3n) is 2.61. The van der Waals surface area contributed by atoms with Crippen LogP contribution in [-0.4, -0.2) is 24.5 Å². The number of nitrogens with one attached hydrogen (secondary N) is 2. The number of nitrogens with zero attached hydrogens (tertiary/aromatic N) is 1. The third-order valence-corrected chi connectivity index (χ3v) is 3.93. The fraction of sp³-hybridized carbons (Fsp3) is 0.667. The largest absolute Gasteiger partial charge is 0.347 e. The van der Waals surface area contributed by atoms with Crippen LogP contribution < -0.4 is 10.6 Å². The van der Waals surface area contributed by atoms with Crippen molar-refractivity contribution in [3.05, 3.63) is 16.1 Å². The van der Waals surface area contributed by atoms with Crippen molar-refractivity contribution in [3.63, 3.8) is 0 Å². The van der Waals surface area contributed by atoms with Crippen LogP contribution in [0.15, 0.2) is 6.20 Å². The predicted octanol–water partition coefficient (Wildman–Crippen LogP) is 1.74. The fourth-order valence-corrected chi connectivity index (χ4v) is 2.36. The highest BCUT2D eigenvalue weighted by atomic mass is 32.1. The maximum atomic E-state index is 11.8. The zero-order valence-electron chi connectivity index (χ0n) is 10.9. The molecule has 0 spiro atoms. The summed E-state index contributed by atoms with van der Waals surface area (Å²) in [7, 11) is 1.85. The molecule has 1 heterocycles. The first-order chi connectivity index (χ1) is 8.08. The molecule has 0 saturated heterocycles. The van der Waals surface area contributed by atoms with E-state index in [4.69, 9.17) is 0 Å². The summed E-state index contributed by atoms with van der Waals surface area (Å²) in [4.78, 5) is 17.4. The molecule has 4 nitrogen and oxygen atoms in total. The summed E-state index contributed by atoms with van der Waals surface area (Å²) >= 11 is 1.67. The molecule has 1 aromatic heterocycles. The van der Waals surface area contributed by atoms with E-state index in [1.807, 2.05) is 27.1 Å². The monoisotopic (exact) mass is 255 g/mol. The lowest BCUT2D eigenvalue weighted by molar-refractivity contribution is -0.125. The number of amides is 1. The van der Waals surface area contributed by atoms with Gasteiger partial charge in [0.25, 0.3) is 0 Å². The minimum absolute atomic E-state index is 0.00731. The predicted molar refractivity (Wildman–Crippen MR) is 71.1 cm³/mol. The lowest BCUT2D eigenvalue weighted by Gasteiger charge is -2.15. The summed E-state index contributed by atoms with van der Waals surface area (Å²) in [5, 5.41) is 6.97. The average molecular weight is 255 g/mol. The molecule has 5 heteroatoms. The second-order valence-electron chi connectivity index (χ2n) is 4.21. The van der Waals surface area contributed by atoms with Gasteiger partial charge in [0.15, 0.2) is 0 Å². The Hall–Kier alpha value is -0.940. The summed E-state index contributed by atoms with van der Waals surface area (Å²) in [6, 6.07) is -0.00731. The Morgan fingerprint density at radius 1 is 1.53 bits per heavy atom. The van der Waals surface area contributed by atoms with Crippen LogP contribution in [0.5, 0.6) is 0 Å². The van der Waals surface area contributed by atoms with E-state index in [0.717, 1.165) is 11.4 Å². The Morgan fingerprint density at radius 3 is 2.76 bits per heavy atom. The Balaban J connectivity index is 2.53. The number of carbonyl (C=O) groups is 1. The average Bonchev–Trinajstić information content (AvgIpc) is 2.77. The van der Waals surface area contributed by atoms with Gasteiger partial charge in [0.1, 0.15) is 5.01 Å². The number of aromatic nitrogens is 1. The van der Waals surface area contributed by atoms with Gasteiger partial charge in [0.2, 0.25) is 5.91 Å². The smallest absolute Gasteiger partial charge is 0.224 e. The maximum Gasteiger partial charge on any atom is 0.224 e. The minimum atomic E-state index is -0.0203. The van der Waals surface area contributed by atoms with Gasteiger partial charge in [0.05, 0.1) is 6.04 Å². The molecule has 0 bridgehead atoms. The van der Waals surface area contributed by atoms with E-state index >= 15 is 0 Å². The summed E-state index contributed by atoms with van der Waals surface area (Å²) in [5.74, 6) is 0.0492. The number of rotatable bonds is 6. The van der Waals surface area contributed by atoms with E-state index in [-0.39, 0.29) is 17.9 Å². The van der Waals surface area contributed by atoms with Crippen LogP contribution in [0.25, 0.3) is 0 Å². The van der Waals surface area contributed by atoms with Crippen molar-refractivity contribution >= 4 is 17.2 Å². The molecule has 1 amide bonds. The summed E-state index contributed by atoms with van der Waals surface area (Å²) in [5.41, 5.74) is 0. The number of thiazole rings is 1. The molecule has 0 aliphatic carbocycles. The molecule has 0 fully saturated rings. The van der Waals surface area contributed by atoms with E-state index in [2.05, 4.69) is 22.5 Å². The van der Waals surface area contributed by atoms with Gasteiger partial charge in [-0.15, -0.1) is 11.3 Å². The Labute approximate surface area is 107 Å². The molecule has 1 aromatic rings. The molecule has 0 aliphatic rings. The third kappa shape index (κ3) is 4.09. The molecule has 96 valence electrons. The highest BCUT2D eigenvalue weighted by Gasteiger charge is 2.17. The number of hydrogen-bond donors (Lipinski definition) is 2. The van der Waals surface area contributed by atoms with Gasteiger partial charge in [-0.1, -0.05) is 13.8 Å². The van der Waals surface area contributed by atoms with Crippen molar-refractivity contribution in [1.82, 2.24) is 15.6 Å². The summed E-state index contributed by atoms with van der Waals surface area (Å²) in [6.45, 7) is 6.69. The Bertz CT molecular complexity index is 364. The van der Waals surface area contributed by atoms with E-state index in [1.54, 1.807) is 11.3 Å². The van der Waals surface area contributed by atoms with E-state index in [0.29, 0.717) is 6.54 Å². The molecule has 2 unspecified atom stereocenters. The van der Waals surface area contributed by atoms with E-state index < -0.39 is 0 Å². The van der Waals surface area contributed by atoms with Gasteiger partial charge in [-0.3, -0.25) is 4.79 Å². The lowest BCUT2D eigenvalue weighted by Crippen LogP contribution is -2.35. The van der Waals surface area contributed by atoms with Crippen molar-refractivity contribution in [2.24, 2.45) is 5.92 Å². The minimum Gasteiger partial charge on any atom is -0.347 e. The van der Waals surface area contributed by atoms with Crippen LogP contribution in [0, 0.1) is 5.92 Å². The van der Waals surface area contributed by atoms with Crippen LogP contribution >= 0.6 is 11.3 Å². The topological polar surface area (TPSA) is 54.0 Å².